The van der Waals surface area contributed by atoms with Crippen molar-refractivity contribution >= 4 is 27.8 Å². The van der Waals surface area contributed by atoms with Crippen molar-refractivity contribution in [3.8, 4) is 55.6 Å². The third-order valence-corrected chi connectivity index (χ3v) is 10.1. The normalized spacial score (nSPS) is 11.0. The van der Waals surface area contributed by atoms with Crippen LogP contribution >= 0.6 is 0 Å². The molecule has 0 radical (unpaired) electrons. The molecule has 1 heteroatoms. The minimum absolute atomic E-state index is 1.10. The molecule has 0 fully saturated rings. The quantitative estimate of drug-likeness (QED) is 0.155. The van der Waals surface area contributed by atoms with Crippen LogP contribution in [0, 0.1) is 0 Å². The Kier molecular flexibility index (Phi) is 8.66. The summed E-state index contributed by atoms with van der Waals surface area (Å²) in [6, 6.07) is 80.8. The Morgan fingerprint density at radius 3 is 1.13 bits per heavy atom. The van der Waals surface area contributed by atoms with Gasteiger partial charge in [-0.05, 0) is 91.2 Å². The van der Waals surface area contributed by atoms with Crippen molar-refractivity contribution in [1.29, 1.82) is 0 Å². The monoisotopic (exact) mass is 675 g/mol. The van der Waals surface area contributed by atoms with Crippen molar-refractivity contribution < 1.29 is 0 Å². The molecule has 9 aromatic carbocycles. The summed E-state index contributed by atoms with van der Waals surface area (Å²) < 4.78 is 0. The van der Waals surface area contributed by atoms with Gasteiger partial charge in [-0.2, -0.15) is 0 Å². The molecule has 9 rings (SSSR count). The van der Waals surface area contributed by atoms with Gasteiger partial charge in [0.15, 0.2) is 0 Å². The van der Waals surface area contributed by atoms with E-state index in [1.54, 1.807) is 0 Å². The maximum Gasteiger partial charge on any atom is 0.0540 e. The number of para-hydroxylation sites is 1. The number of anilines is 3. The Balaban J connectivity index is 1.21. The summed E-state index contributed by atoms with van der Waals surface area (Å²) in [4.78, 5) is 2.40. The average Bonchev–Trinajstić information content (AvgIpc) is 3.25. The lowest BCUT2D eigenvalue weighted by atomic mass is 9.87. The lowest BCUT2D eigenvalue weighted by Crippen LogP contribution is -2.11. The smallest absolute Gasteiger partial charge is 0.0540 e. The van der Waals surface area contributed by atoms with Crippen molar-refractivity contribution in [3.05, 3.63) is 224 Å². The molecule has 0 spiro atoms. The number of nitrogens with zero attached hydrogens (tertiary/aromatic N) is 1. The third-order valence-electron chi connectivity index (χ3n) is 10.1. The van der Waals surface area contributed by atoms with E-state index in [2.05, 4.69) is 229 Å². The Labute approximate surface area is 311 Å². The van der Waals surface area contributed by atoms with Gasteiger partial charge in [-0.1, -0.05) is 194 Å². The van der Waals surface area contributed by atoms with Gasteiger partial charge in [-0.25, -0.2) is 0 Å². The highest BCUT2D eigenvalue weighted by atomic mass is 15.1. The molecule has 250 valence electrons. The van der Waals surface area contributed by atoms with Crippen molar-refractivity contribution in [2.45, 2.75) is 0 Å². The molecule has 0 heterocycles. The van der Waals surface area contributed by atoms with Crippen LogP contribution in [0.25, 0.3) is 66.4 Å². The fourth-order valence-electron chi connectivity index (χ4n) is 7.56. The Bertz CT molecular complexity index is 2550. The van der Waals surface area contributed by atoms with E-state index >= 15 is 0 Å². The zero-order valence-electron chi connectivity index (χ0n) is 29.3. The molecule has 0 bridgehead atoms. The first kappa shape index (κ1) is 32.0. The minimum Gasteiger partial charge on any atom is -0.310 e. The second kappa shape index (κ2) is 14.3. The van der Waals surface area contributed by atoms with Gasteiger partial charge in [-0.15, -0.1) is 0 Å². The molecule has 0 saturated carbocycles. The zero-order valence-corrected chi connectivity index (χ0v) is 29.3. The van der Waals surface area contributed by atoms with Crippen molar-refractivity contribution in [2.24, 2.45) is 0 Å². The van der Waals surface area contributed by atoms with Crippen LogP contribution in [0.5, 0.6) is 0 Å². The Morgan fingerprint density at radius 2 is 0.585 bits per heavy atom. The van der Waals surface area contributed by atoms with Crippen LogP contribution in [-0.2, 0) is 0 Å². The van der Waals surface area contributed by atoms with Crippen LogP contribution < -0.4 is 4.90 Å². The van der Waals surface area contributed by atoms with Gasteiger partial charge in [0.25, 0.3) is 0 Å². The molecule has 0 aliphatic carbocycles. The van der Waals surface area contributed by atoms with Crippen LogP contribution in [0.4, 0.5) is 17.1 Å². The molecule has 0 aromatic heterocycles. The maximum atomic E-state index is 2.40. The minimum atomic E-state index is 1.10. The summed E-state index contributed by atoms with van der Waals surface area (Å²) in [7, 11) is 0. The van der Waals surface area contributed by atoms with Crippen molar-refractivity contribution in [1.82, 2.24) is 0 Å². The highest BCUT2D eigenvalue weighted by molar-refractivity contribution is 6.03. The highest BCUT2D eigenvalue weighted by Crippen LogP contribution is 2.46. The van der Waals surface area contributed by atoms with Gasteiger partial charge in [0.2, 0.25) is 0 Å². The van der Waals surface area contributed by atoms with E-state index in [-0.39, 0.29) is 0 Å². The SMILES string of the molecule is c1ccc(-c2ccc(N(c3ccc(-c4ccccc4)cc3)c3ccccc3-c3ccccc3-c3ccccc3-c3cccc4ccccc34)cc2)cc1. The van der Waals surface area contributed by atoms with E-state index in [1.807, 2.05) is 0 Å². The molecule has 0 aliphatic rings. The summed E-state index contributed by atoms with van der Waals surface area (Å²) in [5.41, 5.74) is 15.3. The molecule has 0 atom stereocenters. The molecule has 1 nitrogen and oxygen atoms in total. The zero-order chi connectivity index (χ0) is 35.4. The van der Waals surface area contributed by atoms with Crippen molar-refractivity contribution in [2.75, 3.05) is 4.90 Å². The van der Waals surface area contributed by atoms with E-state index < -0.39 is 0 Å². The number of fused-ring (bicyclic) bond motifs is 1. The van der Waals surface area contributed by atoms with E-state index in [0.717, 1.165) is 22.6 Å². The fraction of sp³-hybridized carbons (Fsp3) is 0. The second-order valence-electron chi connectivity index (χ2n) is 13.3. The van der Waals surface area contributed by atoms with Gasteiger partial charge in [0, 0.05) is 16.9 Å². The summed E-state index contributed by atoms with van der Waals surface area (Å²) in [5, 5.41) is 2.50. The number of hydrogen-bond donors (Lipinski definition) is 0. The molecule has 53 heavy (non-hydrogen) atoms. The molecule has 0 N–H and O–H groups in total. The van der Waals surface area contributed by atoms with Crippen LogP contribution in [0.1, 0.15) is 0 Å². The third kappa shape index (κ3) is 6.30. The molecule has 9 aromatic rings. The predicted molar refractivity (Wildman–Crippen MR) is 226 cm³/mol. The van der Waals surface area contributed by atoms with Crippen LogP contribution in [0.15, 0.2) is 224 Å². The lowest BCUT2D eigenvalue weighted by Gasteiger charge is -2.29. The summed E-state index contributed by atoms with van der Waals surface area (Å²) >= 11 is 0. The number of hydrogen-bond acceptors (Lipinski definition) is 1. The Hall–Kier alpha value is -6.96. The van der Waals surface area contributed by atoms with Gasteiger partial charge in [0.1, 0.15) is 0 Å². The first-order valence-corrected chi connectivity index (χ1v) is 18.2. The Morgan fingerprint density at radius 1 is 0.226 bits per heavy atom. The number of benzene rings is 9. The standard InChI is InChI=1S/C52H37N/c1-3-16-38(17-4-1)40-30-34-43(35-31-40)53(44-36-32-41(33-37-44)39-18-5-2-6-19-39)52-29-14-13-27-51(52)50-26-12-11-25-49(50)48-24-10-9-23-47(48)46-28-15-21-42-20-7-8-22-45(42)46/h1-37H. The molecular weight excluding hydrogens is 639 g/mol. The van der Waals surface area contributed by atoms with Crippen LogP contribution in [0.3, 0.4) is 0 Å². The van der Waals surface area contributed by atoms with E-state index in [1.165, 1.54) is 60.8 Å². The molecule has 0 aliphatic heterocycles. The van der Waals surface area contributed by atoms with E-state index in [9.17, 15) is 0 Å². The predicted octanol–water partition coefficient (Wildman–Crippen LogP) is 14.6. The summed E-state index contributed by atoms with van der Waals surface area (Å²) in [6.07, 6.45) is 0. The molecule has 0 amide bonds. The molecular formula is C52H37N. The molecule has 0 unspecified atom stereocenters. The average molecular weight is 676 g/mol. The molecule has 0 saturated heterocycles. The second-order valence-corrected chi connectivity index (χ2v) is 13.3. The van der Waals surface area contributed by atoms with Crippen LogP contribution in [0.2, 0.25) is 0 Å². The van der Waals surface area contributed by atoms with Gasteiger partial charge in [-0.3, -0.25) is 0 Å². The summed E-state index contributed by atoms with van der Waals surface area (Å²) in [5.74, 6) is 0. The largest absolute Gasteiger partial charge is 0.310 e. The number of rotatable bonds is 8. The van der Waals surface area contributed by atoms with E-state index in [0.29, 0.717) is 0 Å². The van der Waals surface area contributed by atoms with E-state index in [4.69, 9.17) is 0 Å². The van der Waals surface area contributed by atoms with Gasteiger partial charge >= 0.3 is 0 Å². The van der Waals surface area contributed by atoms with Gasteiger partial charge in [0.05, 0.1) is 5.69 Å². The first-order chi connectivity index (χ1) is 26.3. The lowest BCUT2D eigenvalue weighted by molar-refractivity contribution is 1.28. The van der Waals surface area contributed by atoms with Crippen LogP contribution in [-0.4, -0.2) is 0 Å². The van der Waals surface area contributed by atoms with Gasteiger partial charge < -0.3 is 4.90 Å². The highest BCUT2D eigenvalue weighted by Gasteiger charge is 2.20. The fourth-order valence-corrected chi connectivity index (χ4v) is 7.56. The topological polar surface area (TPSA) is 3.24 Å². The maximum absolute atomic E-state index is 2.40. The van der Waals surface area contributed by atoms with Crippen molar-refractivity contribution in [3.63, 3.8) is 0 Å². The first-order valence-electron chi connectivity index (χ1n) is 18.2. The summed E-state index contributed by atoms with van der Waals surface area (Å²) in [6.45, 7) is 0.